The quantitative estimate of drug-likeness (QED) is 0.251. The maximum absolute atomic E-state index is 12.0. The predicted molar refractivity (Wildman–Crippen MR) is 80.0 cm³/mol. The smallest absolute Gasteiger partial charge is 0.258 e. The van der Waals surface area contributed by atoms with Gasteiger partial charge in [0.05, 0.1) is 14.7 Å². The van der Waals surface area contributed by atoms with Gasteiger partial charge in [-0.15, -0.1) is 23.4 Å². The Balaban J connectivity index is 3.17. The summed E-state index contributed by atoms with van der Waals surface area (Å²) in [5, 5.41) is 11.1. The van der Waals surface area contributed by atoms with Gasteiger partial charge in [0.25, 0.3) is 5.69 Å². The first kappa shape index (κ1) is 17.2. The van der Waals surface area contributed by atoms with Crippen molar-refractivity contribution in [2.45, 2.75) is 16.2 Å². The fourth-order valence-electron chi connectivity index (χ4n) is 1.37. The highest BCUT2D eigenvalue weighted by Crippen LogP contribution is 2.32. The van der Waals surface area contributed by atoms with Gasteiger partial charge in [-0.2, -0.15) is 0 Å². The lowest BCUT2D eigenvalue weighted by atomic mass is 10.3. The van der Waals surface area contributed by atoms with E-state index in [-0.39, 0.29) is 10.6 Å². The lowest BCUT2D eigenvalue weighted by Crippen LogP contribution is -2.22. The molecule has 1 rings (SSSR count). The molecule has 9 heteroatoms. The highest BCUT2D eigenvalue weighted by Gasteiger charge is 2.23. The van der Waals surface area contributed by atoms with E-state index >= 15 is 0 Å². The molecule has 20 heavy (non-hydrogen) atoms. The summed E-state index contributed by atoms with van der Waals surface area (Å²) < 4.78 is 24.9. The molecule has 0 bridgehead atoms. The lowest BCUT2D eigenvalue weighted by molar-refractivity contribution is -0.388. The molecule has 0 spiro atoms. The molecular formula is C11H15ClN2O4S2. The lowest BCUT2D eigenvalue weighted by Gasteiger charge is -2.12. The van der Waals surface area contributed by atoms with Gasteiger partial charge in [0, 0.05) is 26.0 Å². The van der Waals surface area contributed by atoms with E-state index in [1.165, 1.54) is 38.0 Å². The van der Waals surface area contributed by atoms with Crippen LogP contribution in [-0.4, -0.2) is 43.4 Å². The van der Waals surface area contributed by atoms with Crippen LogP contribution in [0.15, 0.2) is 28.0 Å². The van der Waals surface area contributed by atoms with Gasteiger partial charge in [-0.05, 0) is 24.3 Å². The number of hydrogen-bond acceptors (Lipinski definition) is 5. The second kappa shape index (κ2) is 7.26. The standard InChI is InChI=1S/C11H15ClN2O4S2/c1-13(2)20(17,18)9-4-5-11(19-7-3-6-12)10(8-9)14(15)16/h4-5,8H,3,6-7H2,1-2H3. The average molecular weight is 339 g/mol. The summed E-state index contributed by atoms with van der Waals surface area (Å²) in [5.74, 6) is 1.12. The van der Waals surface area contributed by atoms with Crippen LogP contribution in [0.2, 0.25) is 0 Å². The molecule has 0 aromatic heterocycles. The SMILES string of the molecule is CN(C)S(=O)(=O)c1ccc(SCCCCl)c([N+](=O)[O-])c1. The molecule has 0 heterocycles. The maximum Gasteiger partial charge on any atom is 0.284 e. The van der Waals surface area contributed by atoms with Crippen LogP contribution in [0.5, 0.6) is 0 Å². The highest BCUT2D eigenvalue weighted by atomic mass is 35.5. The molecule has 0 amide bonds. The van der Waals surface area contributed by atoms with E-state index in [1.54, 1.807) is 0 Å². The van der Waals surface area contributed by atoms with Crippen molar-refractivity contribution in [3.63, 3.8) is 0 Å². The zero-order valence-corrected chi connectivity index (χ0v) is 13.5. The molecule has 0 aliphatic heterocycles. The second-order valence-corrected chi connectivity index (χ2v) is 7.73. The maximum atomic E-state index is 12.0. The number of nitro groups is 1. The summed E-state index contributed by atoms with van der Waals surface area (Å²) in [6, 6.07) is 3.94. The molecule has 1 aromatic rings. The van der Waals surface area contributed by atoms with Crippen LogP contribution < -0.4 is 0 Å². The van der Waals surface area contributed by atoms with E-state index in [2.05, 4.69) is 0 Å². The van der Waals surface area contributed by atoms with Crippen LogP contribution in [0.4, 0.5) is 5.69 Å². The molecule has 0 aliphatic rings. The first-order valence-corrected chi connectivity index (χ1v) is 8.66. The summed E-state index contributed by atoms with van der Waals surface area (Å²) in [6.07, 6.45) is 0.723. The van der Waals surface area contributed by atoms with Crippen LogP contribution >= 0.6 is 23.4 Å². The molecule has 0 saturated carbocycles. The van der Waals surface area contributed by atoms with Crippen molar-refractivity contribution >= 4 is 39.1 Å². The molecule has 0 fully saturated rings. The average Bonchev–Trinajstić information content (AvgIpc) is 2.38. The van der Waals surface area contributed by atoms with Crippen molar-refractivity contribution in [3.05, 3.63) is 28.3 Å². The Labute approximate surface area is 127 Å². The van der Waals surface area contributed by atoms with E-state index in [1.807, 2.05) is 0 Å². The van der Waals surface area contributed by atoms with Crippen molar-refractivity contribution in [1.82, 2.24) is 4.31 Å². The minimum absolute atomic E-state index is 0.0871. The first-order valence-electron chi connectivity index (χ1n) is 5.70. The van der Waals surface area contributed by atoms with E-state index < -0.39 is 14.9 Å². The number of alkyl halides is 1. The van der Waals surface area contributed by atoms with Gasteiger partial charge in [0.2, 0.25) is 10.0 Å². The minimum Gasteiger partial charge on any atom is -0.258 e. The first-order chi connectivity index (χ1) is 9.30. The zero-order chi connectivity index (χ0) is 15.3. The van der Waals surface area contributed by atoms with Gasteiger partial charge in [0.1, 0.15) is 0 Å². The summed E-state index contributed by atoms with van der Waals surface area (Å²) in [7, 11) is -0.918. The molecule has 6 nitrogen and oxygen atoms in total. The van der Waals surface area contributed by atoms with E-state index in [0.29, 0.717) is 16.5 Å². The number of halogens is 1. The Hall–Kier alpha value is -0.830. The fourth-order valence-corrected chi connectivity index (χ4v) is 3.54. The van der Waals surface area contributed by atoms with E-state index in [9.17, 15) is 18.5 Å². The van der Waals surface area contributed by atoms with Crippen molar-refractivity contribution in [2.75, 3.05) is 25.7 Å². The van der Waals surface area contributed by atoms with Crippen molar-refractivity contribution in [1.29, 1.82) is 0 Å². The van der Waals surface area contributed by atoms with Crippen LogP contribution in [0.1, 0.15) is 6.42 Å². The number of thioether (sulfide) groups is 1. The van der Waals surface area contributed by atoms with Gasteiger partial charge in [-0.25, -0.2) is 12.7 Å². The molecule has 0 radical (unpaired) electrons. The summed E-state index contributed by atoms with van der Waals surface area (Å²) in [6.45, 7) is 0. The third-order valence-electron chi connectivity index (χ3n) is 2.44. The number of nitro benzene ring substituents is 1. The van der Waals surface area contributed by atoms with Crippen LogP contribution in [0, 0.1) is 10.1 Å². The zero-order valence-electron chi connectivity index (χ0n) is 11.1. The Kier molecular flexibility index (Phi) is 6.25. The largest absolute Gasteiger partial charge is 0.284 e. The number of nitrogens with zero attached hydrogens (tertiary/aromatic N) is 2. The number of hydrogen-bond donors (Lipinski definition) is 0. The Morgan fingerprint density at radius 1 is 1.40 bits per heavy atom. The summed E-state index contributed by atoms with van der Waals surface area (Å²) in [4.78, 5) is 10.8. The molecular weight excluding hydrogens is 324 g/mol. The van der Waals surface area contributed by atoms with Crippen molar-refractivity contribution in [3.8, 4) is 0 Å². The summed E-state index contributed by atoms with van der Waals surface area (Å²) >= 11 is 6.85. The van der Waals surface area contributed by atoms with Crippen molar-refractivity contribution in [2.24, 2.45) is 0 Å². The van der Waals surface area contributed by atoms with Crippen molar-refractivity contribution < 1.29 is 13.3 Å². The third-order valence-corrected chi connectivity index (χ3v) is 5.67. The highest BCUT2D eigenvalue weighted by molar-refractivity contribution is 7.99. The Morgan fingerprint density at radius 3 is 2.55 bits per heavy atom. The normalized spacial score (nSPS) is 11.8. The third kappa shape index (κ3) is 4.08. The van der Waals surface area contributed by atoms with Gasteiger partial charge < -0.3 is 0 Å². The molecule has 0 aliphatic carbocycles. The fraction of sp³-hybridized carbons (Fsp3) is 0.455. The molecule has 1 aromatic carbocycles. The van der Waals surface area contributed by atoms with Gasteiger partial charge in [-0.3, -0.25) is 10.1 Å². The van der Waals surface area contributed by atoms with Crippen LogP contribution in [-0.2, 0) is 10.0 Å². The second-order valence-electron chi connectivity index (χ2n) is 4.07. The predicted octanol–water partition coefficient (Wildman–Crippen LogP) is 2.57. The monoisotopic (exact) mass is 338 g/mol. The number of sulfonamides is 1. The molecule has 0 unspecified atom stereocenters. The van der Waals surface area contributed by atoms with Gasteiger partial charge >= 0.3 is 0 Å². The van der Waals surface area contributed by atoms with Crippen LogP contribution in [0.25, 0.3) is 0 Å². The topological polar surface area (TPSA) is 80.5 Å². The van der Waals surface area contributed by atoms with E-state index in [4.69, 9.17) is 11.6 Å². The van der Waals surface area contributed by atoms with Gasteiger partial charge in [-0.1, -0.05) is 0 Å². The van der Waals surface area contributed by atoms with E-state index in [0.717, 1.165) is 16.8 Å². The molecule has 0 N–H and O–H groups in total. The Bertz CT molecular complexity index is 590. The molecule has 112 valence electrons. The molecule has 0 saturated heterocycles. The summed E-state index contributed by atoms with van der Waals surface area (Å²) in [5.41, 5.74) is -0.201. The minimum atomic E-state index is -3.68. The molecule has 0 atom stereocenters. The number of rotatable bonds is 7. The van der Waals surface area contributed by atoms with Crippen LogP contribution in [0.3, 0.4) is 0 Å². The Morgan fingerprint density at radius 2 is 2.05 bits per heavy atom. The number of benzene rings is 1. The van der Waals surface area contributed by atoms with Gasteiger partial charge in [0.15, 0.2) is 0 Å².